The molecule has 2 atom stereocenters. The van der Waals surface area contributed by atoms with Crippen molar-refractivity contribution in [2.75, 3.05) is 18.0 Å². The molecule has 0 amide bonds. The number of aromatic nitrogens is 2. The largest absolute Gasteiger partial charge is 0.315 e. The van der Waals surface area contributed by atoms with Crippen LogP contribution in [0.1, 0.15) is 11.6 Å². The molecule has 4 nitrogen and oxygen atoms in total. The third-order valence-corrected chi connectivity index (χ3v) is 3.95. The van der Waals surface area contributed by atoms with Gasteiger partial charge in [-0.1, -0.05) is 41.9 Å². The fourth-order valence-corrected chi connectivity index (χ4v) is 3.15. The maximum atomic E-state index is 6.48. The van der Waals surface area contributed by atoms with Crippen molar-refractivity contribution in [2.45, 2.75) is 11.5 Å². The monoisotopic (exact) mass is 308 g/mol. The highest BCUT2D eigenvalue weighted by atomic mass is 35.5. The molecule has 0 N–H and O–H groups in total. The smallest absolute Gasteiger partial charge is 0.227 e. The van der Waals surface area contributed by atoms with Gasteiger partial charge in [0.1, 0.15) is 5.50 Å². The molecule has 0 aliphatic carbocycles. The van der Waals surface area contributed by atoms with Crippen LogP contribution in [0.2, 0.25) is 0 Å². The molecule has 0 bridgehead atoms. The Morgan fingerprint density at radius 3 is 2.40 bits per heavy atom. The molecule has 0 radical (unpaired) electrons. The summed E-state index contributed by atoms with van der Waals surface area (Å²) >= 11 is 12.7. The molecule has 1 aliphatic heterocycles. The highest BCUT2D eigenvalue weighted by molar-refractivity contribution is 6.23. The Kier molecular flexibility index (Phi) is 4.05. The Labute approximate surface area is 128 Å². The van der Waals surface area contributed by atoms with E-state index in [4.69, 9.17) is 23.4 Å². The van der Waals surface area contributed by atoms with E-state index in [0.717, 1.165) is 5.56 Å². The molecule has 1 aromatic heterocycles. The molecule has 1 saturated heterocycles. The molecular formula is C14H14Cl2N4. The van der Waals surface area contributed by atoms with Gasteiger partial charge in [0, 0.05) is 25.5 Å². The van der Waals surface area contributed by atoms with Crippen molar-refractivity contribution in [3.8, 4) is 0 Å². The second-order valence-electron chi connectivity index (χ2n) is 4.64. The minimum Gasteiger partial charge on any atom is -0.315 e. The molecule has 3 rings (SSSR count). The van der Waals surface area contributed by atoms with Crippen LogP contribution in [0.5, 0.6) is 0 Å². The third-order valence-electron chi connectivity index (χ3n) is 3.32. The zero-order chi connectivity index (χ0) is 13.9. The minimum absolute atomic E-state index is 0.0346. The summed E-state index contributed by atoms with van der Waals surface area (Å²) in [7, 11) is 0. The van der Waals surface area contributed by atoms with E-state index < -0.39 is 0 Å². The van der Waals surface area contributed by atoms with Gasteiger partial charge in [-0.3, -0.25) is 0 Å². The molecular weight excluding hydrogens is 295 g/mol. The van der Waals surface area contributed by atoms with E-state index in [1.54, 1.807) is 22.9 Å². The molecule has 1 aliphatic rings. The minimum atomic E-state index is -0.270. The number of hydrogen-bond acceptors (Lipinski definition) is 4. The number of nitrogens with zero attached hydrogens (tertiary/aromatic N) is 4. The Bertz CT molecular complexity index is 552. The van der Waals surface area contributed by atoms with Crippen LogP contribution in [0, 0.1) is 0 Å². The van der Waals surface area contributed by atoms with E-state index in [1.807, 2.05) is 23.1 Å². The van der Waals surface area contributed by atoms with Crippen molar-refractivity contribution in [3.05, 3.63) is 54.4 Å². The van der Waals surface area contributed by atoms with Crippen LogP contribution in [0.15, 0.2) is 48.8 Å². The fourth-order valence-electron chi connectivity index (χ4n) is 2.43. The highest BCUT2D eigenvalue weighted by Crippen LogP contribution is 2.33. The van der Waals surface area contributed by atoms with Crippen molar-refractivity contribution >= 4 is 29.3 Å². The summed E-state index contributed by atoms with van der Waals surface area (Å²) in [6, 6.07) is 12.0. The zero-order valence-corrected chi connectivity index (χ0v) is 12.2. The van der Waals surface area contributed by atoms with Crippen molar-refractivity contribution in [3.63, 3.8) is 0 Å². The first-order chi connectivity index (χ1) is 9.75. The summed E-state index contributed by atoms with van der Waals surface area (Å²) in [5, 5.41) is 0. The summed E-state index contributed by atoms with van der Waals surface area (Å²) in [5.41, 5.74) is 0.879. The second kappa shape index (κ2) is 5.95. The van der Waals surface area contributed by atoms with Gasteiger partial charge >= 0.3 is 0 Å². The van der Waals surface area contributed by atoms with Gasteiger partial charge in [-0.05, 0) is 23.4 Å². The summed E-state index contributed by atoms with van der Waals surface area (Å²) in [6.07, 6.45) is 3.45. The van der Waals surface area contributed by atoms with Crippen LogP contribution >= 0.6 is 23.4 Å². The topological polar surface area (TPSA) is 32.3 Å². The second-order valence-corrected chi connectivity index (χ2v) is 5.63. The van der Waals surface area contributed by atoms with E-state index in [2.05, 4.69) is 22.1 Å². The number of halogens is 2. The Hall–Kier alpha value is -1.36. The van der Waals surface area contributed by atoms with E-state index >= 15 is 0 Å². The van der Waals surface area contributed by atoms with Crippen molar-refractivity contribution < 1.29 is 0 Å². The third kappa shape index (κ3) is 2.73. The van der Waals surface area contributed by atoms with Gasteiger partial charge in [-0.2, -0.15) is 0 Å². The van der Waals surface area contributed by atoms with E-state index in [1.165, 1.54) is 0 Å². The summed E-state index contributed by atoms with van der Waals surface area (Å²) in [5.74, 6) is 0.631. The molecule has 20 heavy (non-hydrogen) atoms. The maximum absolute atomic E-state index is 6.48. The van der Waals surface area contributed by atoms with E-state index in [0.29, 0.717) is 19.0 Å². The number of rotatable bonds is 2. The predicted molar refractivity (Wildman–Crippen MR) is 80.8 cm³/mol. The maximum Gasteiger partial charge on any atom is 0.227 e. The molecule has 0 spiro atoms. The first-order valence-electron chi connectivity index (χ1n) is 6.41. The zero-order valence-electron chi connectivity index (χ0n) is 10.7. The van der Waals surface area contributed by atoms with Crippen LogP contribution < -0.4 is 4.90 Å². The number of hydrogen-bond donors (Lipinski definition) is 0. The molecule has 104 valence electrons. The molecule has 2 aromatic rings. The Balaban J connectivity index is 1.99. The highest BCUT2D eigenvalue weighted by Gasteiger charge is 2.35. The number of piperazine rings is 1. The predicted octanol–water partition coefficient (Wildman–Crippen LogP) is 3.06. The molecule has 6 heteroatoms. The number of benzene rings is 1. The fraction of sp³-hybridized carbons (Fsp3) is 0.286. The van der Waals surface area contributed by atoms with Gasteiger partial charge in [0.05, 0.1) is 6.04 Å². The van der Waals surface area contributed by atoms with Crippen LogP contribution in [0.25, 0.3) is 0 Å². The standard InChI is InChI=1S/C14H14Cl2N4/c15-13-10-19(16)9-12(11-5-2-1-3-6-11)20(13)14-17-7-4-8-18-14/h1-8,12-13H,9-10H2. The van der Waals surface area contributed by atoms with Crippen LogP contribution in [-0.2, 0) is 0 Å². The normalized spacial score (nSPS) is 23.8. The van der Waals surface area contributed by atoms with Crippen molar-refractivity contribution in [2.24, 2.45) is 0 Å². The lowest BCUT2D eigenvalue weighted by atomic mass is 10.0. The average Bonchev–Trinajstić information content (AvgIpc) is 2.48. The summed E-state index contributed by atoms with van der Waals surface area (Å²) < 4.78 is 1.72. The lowest BCUT2D eigenvalue weighted by Crippen LogP contribution is -2.50. The van der Waals surface area contributed by atoms with E-state index in [-0.39, 0.29) is 11.5 Å². The molecule has 1 fully saturated rings. The Morgan fingerprint density at radius 1 is 1.00 bits per heavy atom. The van der Waals surface area contributed by atoms with Gasteiger partial charge in [0.25, 0.3) is 0 Å². The van der Waals surface area contributed by atoms with Crippen LogP contribution in [-0.4, -0.2) is 33.0 Å². The first kappa shape index (κ1) is 13.6. The van der Waals surface area contributed by atoms with Gasteiger partial charge in [-0.25, -0.2) is 14.4 Å². The van der Waals surface area contributed by atoms with Gasteiger partial charge in [0.15, 0.2) is 0 Å². The van der Waals surface area contributed by atoms with Gasteiger partial charge in [0.2, 0.25) is 5.95 Å². The summed E-state index contributed by atoms with van der Waals surface area (Å²) in [6.45, 7) is 1.23. The van der Waals surface area contributed by atoms with Crippen molar-refractivity contribution in [1.82, 2.24) is 14.4 Å². The van der Waals surface area contributed by atoms with Gasteiger partial charge in [-0.15, -0.1) is 0 Å². The molecule has 2 unspecified atom stereocenters. The van der Waals surface area contributed by atoms with Crippen LogP contribution in [0.4, 0.5) is 5.95 Å². The molecule has 2 heterocycles. The first-order valence-corrected chi connectivity index (χ1v) is 7.18. The van der Waals surface area contributed by atoms with E-state index in [9.17, 15) is 0 Å². The molecule has 1 aromatic carbocycles. The lowest BCUT2D eigenvalue weighted by molar-refractivity contribution is 0.334. The summed E-state index contributed by atoms with van der Waals surface area (Å²) in [4.78, 5) is 10.7. The number of anilines is 1. The SMILES string of the molecule is ClC1CN(Cl)CC(c2ccccc2)N1c1ncccn1. The van der Waals surface area contributed by atoms with Crippen molar-refractivity contribution in [1.29, 1.82) is 0 Å². The van der Waals surface area contributed by atoms with Gasteiger partial charge < -0.3 is 4.90 Å². The quantitative estimate of drug-likeness (QED) is 0.485. The molecule has 0 saturated carbocycles. The average molecular weight is 309 g/mol. The Morgan fingerprint density at radius 2 is 1.70 bits per heavy atom. The number of alkyl halides is 1. The lowest BCUT2D eigenvalue weighted by Gasteiger charge is -2.42. The van der Waals surface area contributed by atoms with Crippen LogP contribution in [0.3, 0.4) is 0 Å².